The second-order valence-corrected chi connectivity index (χ2v) is 9.44. The van der Waals surface area contributed by atoms with Crippen molar-refractivity contribution in [2.45, 2.75) is 31.3 Å². The zero-order chi connectivity index (χ0) is 24.3. The van der Waals surface area contributed by atoms with Crippen molar-refractivity contribution in [1.29, 1.82) is 0 Å². The molecule has 7 heteroatoms. The van der Waals surface area contributed by atoms with Gasteiger partial charge in [-0.05, 0) is 55.4 Å². The van der Waals surface area contributed by atoms with Gasteiger partial charge in [-0.3, -0.25) is 10.00 Å². The van der Waals surface area contributed by atoms with Crippen molar-refractivity contribution >= 4 is 12.4 Å². The van der Waals surface area contributed by atoms with Crippen LogP contribution in [0.3, 0.4) is 0 Å². The van der Waals surface area contributed by atoms with Gasteiger partial charge in [0.1, 0.15) is 18.7 Å². The SMILES string of the molecule is O=CC1NC=Cc2nc(-c3ccc(CN4CCC(c5nc[nH]n5)CC4)cc3)c(-c3ccccc3)cc21. The Morgan fingerprint density at radius 3 is 2.53 bits per heavy atom. The third kappa shape index (κ3) is 4.45. The molecule has 1 unspecified atom stereocenters. The van der Waals surface area contributed by atoms with Gasteiger partial charge in [-0.25, -0.2) is 9.97 Å². The van der Waals surface area contributed by atoms with E-state index in [1.54, 1.807) is 12.5 Å². The topological polar surface area (TPSA) is 86.8 Å². The monoisotopic (exact) mass is 476 g/mol. The molecule has 2 aliphatic heterocycles. The van der Waals surface area contributed by atoms with Crippen LogP contribution < -0.4 is 5.32 Å². The maximum atomic E-state index is 11.7. The fourth-order valence-corrected chi connectivity index (χ4v) is 5.21. The van der Waals surface area contributed by atoms with Crippen molar-refractivity contribution < 1.29 is 4.79 Å². The van der Waals surface area contributed by atoms with Crippen LogP contribution in [0.4, 0.5) is 0 Å². The van der Waals surface area contributed by atoms with Crippen molar-refractivity contribution in [3.05, 3.63) is 95.8 Å². The van der Waals surface area contributed by atoms with Crippen LogP contribution in [-0.2, 0) is 11.3 Å². The number of carbonyl (C=O) groups excluding carboxylic acids is 1. The van der Waals surface area contributed by atoms with E-state index in [9.17, 15) is 4.79 Å². The highest BCUT2D eigenvalue weighted by Crippen LogP contribution is 2.35. The number of nitrogens with zero attached hydrogens (tertiary/aromatic N) is 4. The summed E-state index contributed by atoms with van der Waals surface area (Å²) < 4.78 is 0. The average molecular weight is 477 g/mol. The third-order valence-electron chi connectivity index (χ3n) is 7.18. The van der Waals surface area contributed by atoms with Crippen molar-refractivity contribution in [2.75, 3.05) is 13.1 Å². The predicted molar refractivity (Wildman–Crippen MR) is 140 cm³/mol. The van der Waals surface area contributed by atoms with Gasteiger partial charge in [0, 0.05) is 29.2 Å². The molecule has 0 radical (unpaired) electrons. The number of benzene rings is 2. The Labute approximate surface area is 210 Å². The van der Waals surface area contributed by atoms with E-state index in [0.717, 1.165) is 78.2 Å². The lowest BCUT2D eigenvalue weighted by Gasteiger charge is -2.30. The minimum atomic E-state index is -0.385. The first-order valence-corrected chi connectivity index (χ1v) is 12.4. The van der Waals surface area contributed by atoms with Gasteiger partial charge in [-0.2, -0.15) is 5.10 Å². The fourth-order valence-electron chi connectivity index (χ4n) is 5.21. The molecule has 0 amide bonds. The van der Waals surface area contributed by atoms with Gasteiger partial charge in [0.05, 0.1) is 11.4 Å². The maximum Gasteiger partial charge on any atom is 0.153 e. The number of rotatable bonds is 6. The van der Waals surface area contributed by atoms with Crippen LogP contribution in [-0.4, -0.2) is 44.4 Å². The van der Waals surface area contributed by atoms with E-state index in [2.05, 4.69) is 67.9 Å². The van der Waals surface area contributed by atoms with Crippen LogP contribution in [0.15, 0.2) is 73.2 Å². The van der Waals surface area contributed by atoms with E-state index < -0.39 is 0 Å². The summed E-state index contributed by atoms with van der Waals surface area (Å²) in [5.41, 5.74) is 7.13. The first-order chi connectivity index (χ1) is 17.8. The molecule has 4 heterocycles. The molecule has 2 aromatic heterocycles. The summed E-state index contributed by atoms with van der Waals surface area (Å²) in [4.78, 5) is 23.5. The lowest BCUT2D eigenvalue weighted by Crippen LogP contribution is -2.32. The number of hydrogen-bond donors (Lipinski definition) is 2. The Balaban J connectivity index is 1.25. The molecule has 2 aliphatic rings. The first kappa shape index (κ1) is 22.4. The lowest BCUT2D eigenvalue weighted by atomic mass is 9.93. The van der Waals surface area contributed by atoms with Crippen LogP contribution >= 0.6 is 0 Å². The fraction of sp³-hybridized carbons (Fsp3) is 0.241. The largest absolute Gasteiger partial charge is 0.378 e. The van der Waals surface area contributed by atoms with Gasteiger partial charge < -0.3 is 10.1 Å². The van der Waals surface area contributed by atoms with Crippen molar-refractivity contribution in [3.8, 4) is 22.4 Å². The first-order valence-electron chi connectivity index (χ1n) is 12.4. The normalized spacial score (nSPS) is 17.9. The number of likely N-dealkylation sites (tertiary alicyclic amines) is 1. The van der Waals surface area contributed by atoms with E-state index in [0.29, 0.717) is 5.92 Å². The second kappa shape index (κ2) is 9.87. The maximum absolute atomic E-state index is 11.7. The number of carbonyl (C=O) groups is 1. The molecule has 0 aliphatic carbocycles. The van der Waals surface area contributed by atoms with E-state index >= 15 is 0 Å². The number of aldehydes is 1. The molecule has 7 nitrogen and oxygen atoms in total. The molecule has 180 valence electrons. The van der Waals surface area contributed by atoms with Crippen molar-refractivity contribution in [1.82, 2.24) is 30.4 Å². The molecular formula is C29H28N6O. The number of pyridine rings is 1. The average Bonchev–Trinajstić information content (AvgIpc) is 3.48. The van der Waals surface area contributed by atoms with Crippen LogP contribution in [0.1, 0.15) is 47.4 Å². The Bertz CT molecular complexity index is 1360. The van der Waals surface area contributed by atoms with Gasteiger partial charge in [0.2, 0.25) is 0 Å². The molecule has 0 saturated carbocycles. The minimum absolute atomic E-state index is 0.385. The number of nitrogens with one attached hydrogen (secondary N) is 2. The Morgan fingerprint density at radius 1 is 1.00 bits per heavy atom. The van der Waals surface area contributed by atoms with E-state index in [4.69, 9.17) is 4.98 Å². The van der Waals surface area contributed by atoms with Gasteiger partial charge in [0.15, 0.2) is 5.82 Å². The third-order valence-corrected chi connectivity index (χ3v) is 7.18. The summed E-state index contributed by atoms with van der Waals surface area (Å²) in [6.45, 7) is 3.02. The summed E-state index contributed by atoms with van der Waals surface area (Å²) in [6, 6.07) is 20.7. The summed E-state index contributed by atoms with van der Waals surface area (Å²) in [5.74, 6) is 1.39. The van der Waals surface area contributed by atoms with E-state index in [-0.39, 0.29) is 6.04 Å². The van der Waals surface area contributed by atoms with Gasteiger partial charge >= 0.3 is 0 Å². The molecule has 4 aromatic rings. The van der Waals surface area contributed by atoms with Crippen LogP contribution in [0.25, 0.3) is 28.5 Å². The van der Waals surface area contributed by atoms with E-state index in [1.807, 2.05) is 24.3 Å². The molecule has 0 bridgehead atoms. The predicted octanol–water partition coefficient (Wildman–Crippen LogP) is 4.73. The molecule has 2 aromatic carbocycles. The highest BCUT2D eigenvalue weighted by atomic mass is 16.1. The number of H-pyrrole nitrogens is 1. The van der Waals surface area contributed by atoms with Crippen LogP contribution in [0.5, 0.6) is 0 Å². The number of fused-ring (bicyclic) bond motifs is 1. The van der Waals surface area contributed by atoms with Crippen molar-refractivity contribution in [2.24, 2.45) is 0 Å². The van der Waals surface area contributed by atoms with Gasteiger partial charge in [0.25, 0.3) is 0 Å². The van der Waals surface area contributed by atoms with E-state index in [1.165, 1.54) is 5.56 Å². The zero-order valence-corrected chi connectivity index (χ0v) is 20.0. The number of aromatic nitrogens is 4. The molecular weight excluding hydrogens is 448 g/mol. The Kier molecular flexibility index (Phi) is 6.13. The summed E-state index contributed by atoms with van der Waals surface area (Å²) in [6.07, 6.45) is 8.50. The molecule has 2 N–H and O–H groups in total. The molecule has 36 heavy (non-hydrogen) atoms. The number of hydrogen-bond acceptors (Lipinski definition) is 6. The van der Waals surface area contributed by atoms with Gasteiger partial charge in [-0.1, -0.05) is 54.6 Å². The summed E-state index contributed by atoms with van der Waals surface area (Å²) in [5, 5.41) is 10.2. The Hall–Kier alpha value is -4.10. The standard InChI is InChI=1S/C29H28N6O/c36-18-27-25-16-24(21-4-2-1-3-5-21)28(33-26(25)10-13-30-27)22-8-6-20(7-9-22)17-35-14-11-23(12-15-35)29-31-19-32-34-29/h1-10,13,16,18-19,23,27,30H,11-12,14-15,17H2,(H,31,32,34). The van der Waals surface area contributed by atoms with Crippen LogP contribution in [0, 0.1) is 0 Å². The highest BCUT2D eigenvalue weighted by Gasteiger charge is 2.24. The zero-order valence-electron chi connectivity index (χ0n) is 20.0. The highest BCUT2D eigenvalue weighted by molar-refractivity contribution is 5.84. The Morgan fingerprint density at radius 2 is 1.81 bits per heavy atom. The minimum Gasteiger partial charge on any atom is -0.378 e. The molecule has 1 fully saturated rings. The quantitative estimate of drug-likeness (QED) is 0.392. The van der Waals surface area contributed by atoms with Crippen LogP contribution in [0.2, 0.25) is 0 Å². The lowest BCUT2D eigenvalue weighted by molar-refractivity contribution is -0.109. The molecule has 6 rings (SSSR count). The second-order valence-electron chi connectivity index (χ2n) is 9.44. The summed E-state index contributed by atoms with van der Waals surface area (Å²) in [7, 11) is 0. The summed E-state index contributed by atoms with van der Waals surface area (Å²) >= 11 is 0. The molecule has 0 spiro atoms. The smallest absolute Gasteiger partial charge is 0.153 e. The number of piperidine rings is 1. The van der Waals surface area contributed by atoms with Crippen molar-refractivity contribution in [3.63, 3.8) is 0 Å². The number of aromatic amines is 1. The van der Waals surface area contributed by atoms with Gasteiger partial charge in [-0.15, -0.1) is 0 Å². The molecule has 1 atom stereocenters. The molecule has 1 saturated heterocycles.